The van der Waals surface area contributed by atoms with Gasteiger partial charge in [-0.2, -0.15) is 0 Å². The predicted octanol–water partition coefficient (Wildman–Crippen LogP) is -3.48. The molecule has 0 fully saturated rings. The second-order valence-electron chi connectivity index (χ2n) is 2.46. The first-order chi connectivity index (χ1) is 6.08. The van der Waals surface area contributed by atoms with Crippen LogP contribution in [0.2, 0.25) is 0 Å². The third kappa shape index (κ3) is 3.35. The summed E-state index contributed by atoms with van der Waals surface area (Å²) in [6.45, 7) is -0.639. The molecule has 7 heteroatoms. The van der Waals surface area contributed by atoms with Crippen molar-refractivity contribution < 1.29 is 30.1 Å². The molecule has 0 aliphatic rings. The molecule has 7 nitrogen and oxygen atoms in total. The third-order valence-corrected chi connectivity index (χ3v) is 1.57. The van der Waals surface area contributed by atoms with Crippen LogP contribution in [-0.2, 0) is 9.63 Å². The smallest absolute Gasteiger partial charge is 0.151 e. The van der Waals surface area contributed by atoms with E-state index >= 15 is 0 Å². The molecule has 0 heterocycles. The quantitative estimate of drug-likeness (QED) is 0.219. The highest BCUT2D eigenvalue weighted by Crippen LogP contribution is 2.05. The number of aliphatic hydroxyl groups excluding tert-OH is 4. The lowest BCUT2D eigenvalue weighted by atomic mass is 10.0. The predicted molar refractivity (Wildman–Crippen MR) is 40.2 cm³/mol. The maximum Gasteiger partial charge on any atom is 0.151 e. The molecule has 0 aliphatic heterocycles. The summed E-state index contributed by atoms with van der Waals surface area (Å²) in [5.41, 5.74) is 0. The molecule has 0 saturated heterocycles. The standard InChI is InChI=1S/C6H13NO6/c7-13-4(2-9)6(12)5(11)3(10)1-8/h1,3-6,9-12H,2,7H2/t3-,4-,5-,6-/m1/s1. The van der Waals surface area contributed by atoms with Gasteiger partial charge in [-0.15, -0.1) is 0 Å². The van der Waals surface area contributed by atoms with Crippen molar-refractivity contribution in [2.45, 2.75) is 24.4 Å². The minimum atomic E-state index is -1.74. The van der Waals surface area contributed by atoms with Gasteiger partial charge in [0.1, 0.15) is 24.4 Å². The minimum Gasteiger partial charge on any atom is -0.393 e. The fraction of sp³-hybridized carbons (Fsp3) is 0.833. The lowest BCUT2D eigenvalue weighted by molar-refractivity contribution is -0.145. The molecule has 4 atom stereocenters. The van der Waals surface area contributed by atoms with Gasteiger partial charge in [-0.25, -0.2) is 5.90 Å². The SMILES string of the molecule is NO[C@H](CO)[C@@H](O)[C@H](O)[C@H](O)C=O. The van der Waals surface area contributed by atoms with Gasteiger partial charge < -0.3 is 25.2 Å². The molecule has 6 N–H and O–H groups in total. The average Bonchev–Trinajstić information content (AvgIpc) is 2.17. The van der Waals surface area contributed by atoms with Crippen LogP contribution in [0, 0.1) is 0 Å². The molecule has 0 amide bonds. The number of hydrogen-bond donors (Lipinski definition) is 5. The molecule has 78 valence electrons. The lowest BCUT2D eigenvalue weighted by Gasteiger charge is -2.24. The van der Waals surface area contributed by atoms with Crippen molar-refractivity contribution >= 4 is 6.29 Å². The lowest BCUT2D eigenvalue weighted by Crippen LogP contribution is -2.48. The van der Waals surface area contributed by atoms with Gasteiger partial charge in [0, 0.05) is 0 Å². The molecule has 0 saturated carbocycles. The number of hydrogen-bond acceptors (Lipinski definition) is 7. The summed E-state index contributed by atoms with van der Waals surface area (Å²) in [5.74, 6) is 4.66. The first-order valence-corrected chi connectivity index (χ1v) is 3.54. The van der Waals surface area contributed by atoms with Gasteiger partial charge >= 0.3 is 0 Å². The van der Waals surface area contributed by atoms with E-state index in [1.807, 2.05) is 0 Å². The van der Waals surface area contributed by atoms with E-state index in [9.17, 15) is 4.79 Å². The van der Waals surface area contributed by atoms with E-state index in [1.165, 1.54) is 0 Å². The van der Waals surface area contributed by atoms with Gasteiger partial charge in [0.15, 0.2) is 6.29 Å². The zero-order valence-corrected chi connectivity index (χ0v) is 6.78. The van der Waals surface area contributed by atoms with Crippen LogP contribution in [0.3, 0.4) is 0 Å². The summed E-state index contributed by atoms with van der Waals surface area (Å²) in [7, 11) is 0. The molecule has 13 heavy (non-hydrogen) atoms. The Balaban J connectivity index is 4.20. The first kappa shape index (κ1) is 12.4. The minimum absolute atomic E-state index is 0.0544. The molecule has 0 unspecified atom stereocenters. The fourth-order valence-electron chi connectivity index (χ4n) is 0.734. The Labute approximate surface area is 74.3 Å². The Hall–Kier alpha value is -0.570. The van der Waals surface area contributed by atoms with Crippen LogP contribution >= 0.6 is 0 Å². The summed E-state index contributed by atoms with van der Waals surface area (Å²) in [6, 6.07) is 0. The van der Waals surface area contributed by atoms with Crippen LogP contribution in [0.1, 0.15) is 0 Å². The van der Waals surface area contributed by atoms with Crippen molar-refractivity contribution in [3.8, 4) is 0 Å². The van der Waals surface area contributed by atoms with Crippen LogP contribution < -0.4 is 5.90 Å². The van der Waals surface area contributed by atoms with Gasteiger partial charge in [-0.05, 0) is 0 Å². The number of carbonyl (C=O) groups is 1. The average molecular weight is 195 g/mol. The molecule has 0 bridgehead atoms. The molecule has 0 rings (SSSR count). The summed E-state index contributed by atoms with van der Waals surface area (Å²) >= 11 is 0. The maximum atomic E-state index is 9.99. The van der Waals surface area contributed by atoms with Crippen LogP contribution in [0.4, 0.5) is 0 Å². The molecular formula is C6H13NO6. The second kappa shape index (κ2) is 5.97. The molecule has 0 aromatic carbocycles. The Morgan fingerprint density at radius 2 is 1.85 bits per heavy atom. The molecular weight excluding hydrogens is 182 g/mol. The summed E-state index contributed by atoms with van der Waals surface area (Å²) in [4.78, 5) is 14.1. The highest BCUT2D eigenvalue weighted by molar-refractivity contribution is 5.56. The van der Waals surface area contributed by atoms with Crippen molar-refractivity contribution in [1.82, 2.24) is 0 Å². The zero-order chi connectivity index (χ0) is 10.4. The van der Waals surface area contributed by atoms with Crippen molar-refractivity contribution in [1.29, 1.82) is 0 Å². The van der Waals surface area contributed by atoms with Gasteiger partial charge in [0.05, 0.1) is 6.61 Å². The zero-order valence-electron chi connectivity index (χ0n) is 6.78. The number of aliphatic hydroxyl groups is 4. The molecule has 0 aliphatic carbocycles. The monoisotopic (exact) mass is 195 g/mol. The van der Waals surface area contributed by atoms with Crippen LogP contribution in [0.25, 0.3) is 0 Å². The largest absolute Gasteiger partial charge is 0.393 e. The molecule has 0 spiro atoms. The topological polar surface area (TPSA) is 133 Å². The normalized spacial score (nSPS) is 20.4. The number of carbonyl (C=O) groups excluding carboxylic acids is 1. The Morgan fingerprint density at radius 3 is 2.15 bits per heavy atom. The van der Waals surface area contributed by atoms with Crippen molar-refractivity contribution in [3.05, 3.63) is 0 Å². The third-order valence-electron chi connectivity index (χ3n) is 1.57. The van der Waals surface area contributed by atoms with E-state index in [2.05, 4.69) is 10.7 Å². The second-order valence-corrected chi connectivity index (χ2v) is 2.46. The molecule has 0 aromatic heterocycles. The highest BCUT2D eigenvalue weighted by Gasteiger charge is 2.31. The van der Waals surface area contributed by atoms with Gasteiger partial charge in [-0.3, -0.25) is 4.84 Å². The van der Waals surface area contributed by atoms with E-state index in [-0.39, 0.29) is 6.29 Å². The summed E-state index contributed by atoms with van der Waals surface area (Å²) < 4.78 is 0. The van der Waals surface area contributed by atoms with Gasteiger partial charge in [0.25, 0.3) is 0 Å². The Kier molecular flexibility index (Phi) is 5.71. The van der Waals surface area contributed by atoms with E-state index in [0.717, 1.165) is 0 Å². The van der Waals surface area contributed by atoms with E-state index < -0.39 is 31.0 Å². The number of aldehydes is 1. The maximum absolute atomic E-state index is 9.99. The van der Waals surface area contributed by atoms with Crippen molar-refractivity contribution in [2.75, 3.05) is 6.61 Å². The summed E-state index contributed by atoms with van der Waals surface area (Å²) in [5, 5.41) is 35.5. The summed E-state index contributed by atoms with van der Waals surface area (Å²) in [6.07, 6.45) is -6.30. The fourth-order valence-corrected chi connectivity index (χ4v) is 0.734. The van der Waals surface area contributed by atoms with Gasteiger partial charge in [0.2, 0.25) is 0 Å². The van der Waals surface area contributed by atoms with Crippen molar-refractivity contribution in [3.63, 3.8) is 0 Å². The number of rotatable bonds is 6. The first-order valence-electron chi connectivity index (χ1n) is 3.54. The van der Waals surface area contributed by atoms with Crippen LogP contribution in [0.5, 0.6) is 0 Å². The Bertz CT molecular complexity index is 150. The molecule has 0 radical (unpaired) electrons. The van der Waals surface area contributed by atoms with Crippen LogP contribution in [0.15, 0.2) is 0 Å². The molecule has 0 aromatic rings. The van der Waals surface area contributed by atoms with Crippen LogP contribution in [-0.4, -0.2) is 57.7 Å². The van der Waals surface area contributed by atoms with E-state index in [4.69, 9.17) is 20.4 Å². The van der Waals surface area contributed by atoms with Gasteiger partial charge in [-0.1, -0.05) is 0 Å². The Morgan fingerprint density at radius 1 is 1.31 bits per heavy atom. The highest BCUT2D eigenvalue weighted by atomic mass is 16.6. The van der Waals surface area contributed by atoms with Crippen molar-refractivity contribution in [2.24, 2.45) is 5.90 Å². The number of nitrogens with two attached hydrogens (primary N) is 1. The van der Waals surface area contributed by atoms with E-state index in [1.54, 1.807) is 0 Å². The van der Waals surface area contributed by atoms with E-state index in [0.29, 0.717) is 0 Å².